The number of carbonyl (C=O) groups excluding carboxylic acids is 2. The Morgan fingerprint density at radius 2 is 1.84 bits per heavy atom. The number of allylic oxidation sites excluding steroid dienone is 2. The zero-order chi connectivity index (χ0) is 27.1. The Hall–Kier alpha value is -3.60. The molecule has 0 unspecified atom stereocenters. The number of nitrogens with one attached hydrogen (secondary N) is 1. The standard InChI is InChI=1S/C26H34N2O8S/c1-21(2)11-7-4-5-8-12-25(29)27-20-22-13-14-23(24(19-22)33-3)35-26(30)34-17-18-37(31,32)36-28-15-9-6-10-16-28/h6-7,9-11,13-16,19,21H,4-5,8,12,17-18,20H2,1-3H3/p+1. The van der Waals surface area contributed by atoms with Crippen molar-refractivity contribution >= 4 is 22.2 Å². The molecular formula is C26H35N2O8S+. The van der Waals surface area contributed by atoms with E-state index in [2.05, 4.69) is 31.3 Å². The first-order chi connectivity index (χ1) is 17.7. The predicted molar refractivity (Wildman–Crippen MR) is 136 cm³/mol. The highest BCUT2D eigenvalue weighted by Gasteiger charge is 2.20. The smallest absolute Gasteiger partial charge is 0.493 e. The molecule has 1 aromatic carbocycles. The summed E-state index contributed by atoms with van der Waals surface area (Å²) >= 11 is 0. The Bertz CT molecular complexity index is 1130. The van der Waals surface area contributed by atoms with Crippen LogP contribution < -0.4 is 23.8 Å². The van der Waals surface area contributed by atoms with E-state index < -0.39 is 28.6 Å². The fraction of sp³-hybridized carbons (Fsp3) is 0.423. The lowest BCUT2D eigenvalue weighted by molar-refractivity contribution is -0.856. The number of aromatic nitrogens is 1. The highest BCUT2D eigenvalue weighted by atomic mass is 32.2. The van der Waals surface area contributed by atoms with Crippen molar-refractivity contribution in [1.82, 2.24) is 5.32 Å². The minimum atomic E-state index is -3.98. The van der Waals surface area contributed by atoms with Gasteiger partial charge in [0.25, 0.3) is 0 Å². The predicted octanol–water partition coefficient (Wildman–Crippen LogP) is 3.35. The maximum Gasteiger partial charge on any atom is 0.514 e. The number of nitrogens with zero attached hydrogens (tertiary/aromatic N) is 1. The third kappa shape index (κ3) is 12.3. The van der Waals surface area contributed by atoms with Gasteiger partial charge in [0.05, 0.1) is 7.11 Å². The Labute approximate surface area is 218 Å². The molecule has 1 amide bonds. The molecule has 2 aromatic rings. The van der Waals surface area contributed by atoms with E-state index in [1.807, 2.05) is 0 Å². The summed E-state index contributed by atoms with van der Waals surface area (Å²) < 4.78 is 45.1. The van der Waals surface area contributed by atoms with Gasteiger partial charge in [-0.15, -0.1) is 4.28 Å². The van der Waals surface area contributed by atoms with Crippen LogP contribution in [0.1, 0.15) is 45.1 Å². The number of pyridine rings is 1. The largest absolute Gasteiger partial charge is 0.514 e. The number of rotatable bonds is 15. The molecule has 37 heavy (non-hydrogen) atoms. The van der Waals surface area contributed by atoms with E-state index in [1.54, 1.807) is 30.3 Å². The molecule has 0 bridgehead atoms. The molecule has 0 saturated carbocycles. The lowest BCUT2D eigenvalue weighted by atomic mass is 10.1. The van der Waals surface area contributed by atoms with Gasteiger partial charge in [0, 0.05) is 29.8 Å². The number of unbranched alkanes of at least 4 members (excludes halogenated alkanes) is 2. The van der Waals surface area contributed by atoms with E-state index in [-0.39, 0.29) is 17.4 Å². The summed E-state index contributed by atoms with van der Waals surface area (Å²) in [6.45, 7) is 4.09. The zero-order valence-corrected chi connectivity index (χ0v) is 22.2. The third-order valence-electron chi connectivity index (χ3n) is 4.90. The fourth-order valence-electron chi connectivity index (χ4n) is 3.06. The summed E-state index contributed by atoms with van der Waals surface area (Å²) in [5, 5.41) is 2.86. The van der Waals surface area contributed by atoms with Crippen molar-refractivity contribution in [3.8, 4) is 11.5 Å². The molecule has 1 heterocycles. The molecule has 11 heteroatoms. The van der Waals surface area contributed by atoms with Crippen LogP contribution in [0, 0.1) is 5.92 Å². The number of ether oxygens (including phenoxy) is 3. The summed E-state index contributed by atoms with van der Waals surface area (Å²) in [7, 11) is -2.57. The molecule has 10 nitrogen and oxygen atoms in total. The molecule has 0 spiro atoms. The van der Waals surface area contributed by atoms with E-state index in [0.717, 1.165) is 29.6 Å². The highest BCUT2D eigenvalue weighted by Crippen LogP contribution is 2.28. The van der Waals surface area contributed by atoms with Gasteiger partial charge in [-0.25, -0.2) is 4.79 Å². The van der Waals surface area contributed by atoms with Gasteiger partial charge in [-0.05, 0) is 42.9 Å². The quantitative estimate of drug-likeness (QED) is 0.121. The molecule has 0 aliphatic rings. The van der Waals surface area contributed by atoms with Gasteiger partial charge in [-0.3, -0.25) is 4.79 Å². The van der Waals surface area contributed by atoms with Crippen molar-refractivity contribution in [1.29, 1.82) is 0 Å². The van der Waals surface area contributed by atoms with Crippen LogP contribution in [0.5, 0.6) is 11.5 Å². The average molecular weight is 536 g/mol. The molecule has 2 rings (SSSR count). The van der Waals surface area contributed by atoms with Crippen LogP contribution in [-0.2, 0) is 26.2 Å². The van der Waals surface area contributed by atoms with Crippen molar-refractivity contribution in [2.24, 2.45) is 5.92 Å². The van der Waals surface area contributed by atoms with Crippen LogP contribution in [0.25, 0.3) is 0 Å². The SMILES string of the molecule is COc1cc(CNC(=O)CCCCC=CC(C)C)ccc1OC(=O)OCCS(=O)(=O)O[n+]1ccccc1. The Balaban J connectivity index is 1.75. The van der Waals surface area contributed by atoms with E-state index in [0.29, 0.717) is 18.9 Å². The first-order valence-corrected chi connectivity index (χ1v) is 13.6. The number of carbonyl (C=O) groups is 2. The minimum absolute atomic E-state index is 0.0414. The van der Waals surface area contributed by atoms with Crippen LogP contribution in [-0.4, -0.2) is 39.9 Å². The Morgan fingerprint density at radius 3 is 2.54 bits per heavy atom. The maximum atomic E-state index is 12.1. The van der Waals surface area contributed by atoms with Crippen LogP contribution in [0.2, 0.25) is 0 Å². The second-order valence-electron chi connectivity index (χ2n) is 8.45. The van der Waals surface area contributed by atoms with Crippen molar-refractivity contribution in [2.75, 3.05) is 19.5 Å². The lowest BCUT2D eigenvalue weighted by Gasteiger charge is -2.11. The number of hydrogen-bond acceptors (Lipinski definition) is 8. The highest BCUT2D eigenvalue weighted by molar-refractivity contribution is 7.86. The van der Waals surface area contributed by atoms with E-state index >= 15 is 0 Å². The van der Waals surface area contributed by atoms with Crippen molar-refractivity contribution < 1.29 is 41.2 Å². The van der Waals surface area contributed by atoms with Gasteiger partial charge >= 0.3 is 16.3 Å². The molecule has 0 atom stereocenters. The first kappa shape index (κ1) is 29.6. The minimum Gasteiger partial charge on any atom is -0.493 e. The van der Waals surface area contributed by atoms with Crippen LogP contribution in [0.15, 0.2) is 60.9 Å². The second-order valence-corrected chi connectivity index (χ2v) is 10.1. The Kier molecular flexibility index (Phi) is 12.4. The van der Waals surface area contributed by atoms with Crippen LogP contribution >= 0.6 is 0 Å². The van der Waals surface area contributed by atoms with Gasteiger partial charge in [0.1, 0.15) is 12.4 Å². The number of benzene rings is 1. The maximum absolute atomic E-state index is 12.1. The average Bonchev–Trinajstić information content (AvgIpc) is 2.85. The zero-order valence-electron chi connectivity index (χ0n) is 21.4. The van der Waals surface area contributed by atoms with Crippen LogP contribution in [0.3, 0.4) is 0 Å². The van der Waals surface area contributed by atoms with Gasteiger partial charge < -0.3 is 19.5 Å². The molecule has 0 aliphatic carbocycles. The summed E-state index contributed by atoms with van der Waals surface area (Å²) in [6.07, 6.45) is 9.23. The molecule has 1 aromatic heterocycles. The second kappa shape index (κ2) is 15.5. The molecule has 0 saturated heterocycles. The van der Waals surface area contributed by atoms with Crippen molar-refractivity contribution in [3.63, 3.8) is 0 Å². The third-order valence-corrected chi connectivity index (χ3v) is 5.96. The van der Waals surface area contributed by atoms with E-state index in [4.69, 9.17) is 18.5 Å². The van der Waals surface area contributed by atoms with Crippen molar-refractivity contribution in [2.45, 2.75) is 46.1 Å². The van der Waals surface area contributed by atoms with Crippen molar-refractivity contribution in [3.05, 3.63) is 66.5 Å². The number of methoxy groups -OCH3 is 1. The number of amides is 1. The first-order valence-electron chi connectivity index (χ1n) is 12.0. The summed E-state index contributed by atoms with van der Waals surface area (Å²) in [4.78, 5) is 24.1. The Morgan fingerprint density at radius 1 is 1.08 bits per heavy atom. The normalized spacial score (nSPS) is 11.4. The number of hydrogen-bond donors (Lipinski definition) is 1. The molecule has 0 radical (unpaired) electrons. The molecule has 0 aliphatic heterocycles. The summed E-state index contributed by atoms with van der Waals surface area (Å²) in [5.41, 5.74) is 0.757. The molecule has 0 fully saturated rings. The van der Waals surface area contributed by atoms with Gasteiger partial charge in [-0.1, -0.05) is 38.1 Å². The fourth-order valence-corrected chi connectivity index (χ4v) is 3.78. The van der Waals surface area contributed by atoms with Gasteiger partial charge in [-0.2, -0.15) is 8.42 Å². The monoisotopic (exact) mass is 535 g/mol. The molecule has 1 N–H and O–H groups in total. The lowest BCUT2D eigenvalue weighted by Crippen LogP contribution is -2.46. The molecule has 202 valence electrons. The molecular weight excluding hydrogens is 500 g/mol. The van der Waals surface area contributed by atoms with Gasteiger partial charge in [0.15, 0.2) is 11.5 Å². The van der Waals surface area contributed by atoms with E-state index in [1.165, 1.54) is 25.6 Å². The summed E-state index contributed by atoms with van der Waals surface area (Å²) in [5.74, 6) is 0.286. The van der Waals surface area contributed by atoms with Gasteiger partial charge in [0.2, 0.25) is 18.3 Å². The summed E-state index contributed by atoms with van der Waals surface area (Å²) in [6, 6.07) is 9.73. The van der Waals surface area contributed by atoms with Crippen LogP contribution in [0.4, 0.5) is 4.79 Å². The topological polar surface area (TPSA) is 121 Å². The van der Waals surface area contributed by atoms with E-state index in [9.17, 15) is 18.0 Å².